The van der Waals surface area contributed by atoms with Gasteiger partial charge in [-0.3, -0.25) is 0 Å². The van der Waals surface area contributed by atoms with Crippen molar-refractivity contribution in [3.05, 3.63) is 0 Å². The molecule has 1 aliphatic heterocycles. The number of phosphoric acid groups is 1. The standard InChI is InChI=1S/C6H13O8P.2Na/c7-2-4-6(9)3(8)1-5(13-4)14-15(10,11)12;;/h3-9H,1-2H2,(H2,10,11,12);;/q;2*+1/p-2/t3-,4+,5+,6+;;/m0../s1. The van der Waals surface area contributed by atoms with E-state index in [1.807, 2.05) is 0 Å². The molecule has 1 aliphatic rings. The molecule has 0 aromatic heterocycles. The van der Waals surface area contributed by atoms with Gasteiger partial charge in [0.05, 0.1) is 20.5 Å². The van der Waals surface area contributed by atoms with Gasteiger partial charge in [-0.25, -0.2) is 0 Å². The minimum Gasteiger partial charge on any atom is -0.790 e. The number of aliphatic hydroxyl groups excluding tert-OH is 3. The van der Waals surface area contributed by atoms with Gasteiger partial charge in [0.15, 0.2) is 6.29 Å². The molecule has 4 atom stereocenters. The normalized spacial score (nSPS) is 33.5. The number of hydrogen-bond acceptors (Lipinski definition) is 8. The summed E-state index contributed by atoms with van der Waals surface area (Å²) in [6, 6.07) is 0. The zero-order chi connectivity index (χ0) is 11.6. The molecule has 1 heterocycles. The van der Waals surface area contributed by atoms with Crippen molar-refractivity contribution >= 4 is 7.82 Å². The molecule has 0 spiro atoms. The molecule has 0 amide bonds. The first-order valence-corrected chi connectivity index (χ1v) is 5.62. The smallest absolute Gasteiger partial charge is 0.790 e. The van der Waals surface area contributed by atoms with Crippen LogP contribution in [0.4, 0.5) is 0 Å². The van der Waals surface area contributed by atoms with E-state index in [9.17, 15) is 24.6 Å². The monoisotopic (exact) mass is 288 g/mol. The van der Waals surface area contributed by atoms with Gasteiger partial charge in [-0.15, -0.1) is 0 Å². The van der Waals surface area contributed by atoms with E-state index in [1.165, 1.54) is 0 Å². The average Bonchev–Trinajstić information content (AvgIpc) is 2.08. The van der Waals surface area contributed by atoms with Crippen molar-refractivity contribution in [2.24, 2.45) is 0 Å². The van der Waals surface area contributed by atoms with E-state index in [4.69, 9.17) is 9.84 Å². The zero-order valence-corrected chi connectivity index (χ0v) is 14.4. The summed E-state index contributed by atoms with van der Waals surface area (Å²) in [5.74, 6) is 0. The van der Waals surface area contributed by atoms with Crippen LogP contribution in [0.25, 0.3) is 0 Å². The molecule has 1 rings (SSSR count). The van der Waals surface area contributed by atoms with Gasteiger partial charge < -0.3 is 38.9 Å². The van der Waals surface area contributed by atoms with E-state index in [-0.39, 0.29) is 65.5 Å². The first kappa shape index (κ1) is 21.3. The molecule has 1 saturated heterocycles. The Morgan fingerprint density at radius 1 is 1.35 bits per heavy atom. The summed E-state index contributed by atoms with van der Waals surface area (Å²) in [6.45, 7) is -0.625. The van der Waals surface area contributed by atoms with Crippen LogP contribution < -0.4 is 68.9 Å². The molecule has 90 valence electrons. The molecule has 0 saturated carbocycles. The van der Waals surface area contributed by atoms with Gasteiger partial charge in [-0.2, -0.15) is 0 Å². The first-order chi connectivity index (χ1) is 6.83. The number of hydrogen-bond donors (Lipinski definition) is 3. The second kappa shape index (κ2) is 8.99. The van der Waals surface area contributed by atoms with Gasteiger partial charge in [0.25, 0.3) is 0 Å². The van der Waals surface area contributed by atoms with Crippen LogP contribution in [0.1, 0.15) is 6.42 Å². The molecule has 1 fully saturated rings. The molecule has 11 heteroatoms. The quantitative estimate of drug-likeness (QED) is 0.343. The van der Waals surface area contributed by atoms with Crippen molar-refractivity contribution in [1.29, 1.82) is 0 Å². The number of aliphatic hydroxyl groups is 3. The number of ether oxygens (including phenoxy) is 1. The Labute approximate surface area is 142 Å². The van der Waals surface area contributed by atoms with Gasteiger partial charge in [0.2, 0.25) is 0 Å². The summed E-state index contributed by atoms with van der Waals surface area (Å²) in [5, 5.41) is 27.2. The molecule has 3 N–H and O–H groups in total. The number of phosphoric ester groups is 1. The third kappa shape index (κ3) is 7.34. The third-order valence-electron chi connectivity index (χ3n) is 1.96. The van der Waals surface area contributed by atoms with Crippen LogP contribution in [-0.2, 0) is 13.8 Å². The van der Waals surface area contributed by atoms with Gasteiger partial charge >= 0.3 is 59.1 Å². The van der Waals surface area contributed by atoms with E-state index < -0.39 is 39.0 Å². The minimum atomic E-state index is -5.22. The van der Waals surface area contributed by atoms with Crippen LogP contribution >= 0.6 is 7.82 Å². The van der Waals surface area contributed by atoms with Gasteiger partial charge in [0.1, 0.15) is 12.2 Å². The predicted molar refractivity (Wildman–Crippen MR) is 41.1 cm³/mol. The van der Waals surface area contributed by atoms with Gasteiger partial charge in [0, 0.05) is 6.42 Å². The summed E-state index contributed by atoms with van der Waals surface area (Å²) >= 11 is 0. The molecule has 0 radical (unpaired) electrons. The Morgan fingerprint density at radius 3 is 2.29 bits per heavy atom. The largest absolute Gasteiger partial charge is 1.00 e. The molecule has 17 heavy (non-hydrogen) atoms. The van der Waals surface area contributed by atoms with Crippen LogP contribution in [0.15, 0.2) is 0 Å². The number of rotatable bonds is 3. The van der Waals surface area contributed by atoms with Crippen molar-refractivity contribution in [1.82, 2.24) is 0 Å². The molecule has 8 nitrogen and oxygen atoms in total. The fourth-order valence-electron chi connectivity index (χ4n) is 1.28. The molecule has 0 unspecified atom stereocenters. The summed E-state index contributed by atoms with van der Waals surface area (Å²) in [6.07, 6.45) is -5.65. The van der Waals surface area contributed by atoms with Crippen molar-refractivity contribution in [2.75, 3.05) is 6.61 Å². The first-order valence-electron chi connectivity index (χ1n) is 4.16. The van der Waals surface area contributed by atoms with E-state index >= 15 is 0 Å². The maximum absolute atomic E-state index is 10.2. The Kier molecular flexibility index (Phi) is 11.2. The van der Waals surface area contributed by atoms with E-state index in [0.29, 0.717) is 0 Å². The molecule has 0 aliphatic carbocycles. The summed E-state index contributed by atoms with van der Waals surface area (Å²) < 4.78 is 19.0. The molecule has 0 bridgehead atoms. The second-order valence-corrected chi connectivity index (χ2v) is 4.24. The van der Waals surface area contributed by atoms with Crippen molar-refractivity contribution in [3.8, 4) is 0 Å². The molecular weight excluding hydrogens is 277 g/mol. The molecular formula is C6H11Na2O8P. The second-order valence-electron chi connectivity index (χ2n) is 3.13. The van der Waals surface area contributed by atoms with E-state index in [2.05, 4.69) is 4.52 Å². The van der Waals surface area contributed by atoms with Crippen molar-refractivity contribution < 1.29 is 98.0 Å². The Bertz CT molecular complexity index is 260. The minimum absolute atomic E-state index is 0. The van der Waals surface area contributed by atoms with Gasteiger partial charge in [-0.1, -0.05) is 0 Å². The average molecular weight is 288 g/mol. The Morgan fingerprint density at radius 2 is 1.88 bits per heavy atom. The van der Waals surface area contributed by atoms with E-state index in [1.54, 1.807) is 0 Å². The predicted octanol–water partition coefficient (Wildman–Crippen LogP) is -9.33. The topological polar surface area (TPSA) is 142 Å². The van der Waals surface area contributed by atoms with Crippen LogP contribution in [0.2, 0.25) is 0 Å². The Balaban J connectivity index is 0. The molecule has 0 aromatic rings. The SMILES string of the molecule is O=P([O-])([O-])O[C@@H]1C[C@H](O)[C@@H](O)[C@@H](CO)O1.[Na+].[Na+]. The van der Waals surface area contributed by atoms with Crippen LogP contribution in [0.3, 0.4) is 0 Å². The van der Waals surface area contributed by atoms with Crippen LogP contribution in [-0.4, -0.2) is 46.5 Å². The van der Waals surface area contributed by atoms with Gasteiger partial charge in [-0.05, 0) is 0 Å². The summed E-state index contributed by atoms with van der Waals surface area (Å²) in [7, 11) is -5.22. The van der Waals surface area contributed by atoms with Crippen molar-refractivity contribution in [2.45, 2.75) is 31.0 Å². The van der Waals surface area contributed by atoms with Crippen LogP contribution in [0.5, 0.6) is 0 Å². The van der Waals surface area contributed by atoms with Crippen LogP contribution in [0, 0.1) is 0 Å². The van der Waals surface area contributed by atoms with Crippen molar-refractivity contribution in [3.63, 3.8) is 0 Å². The fourth-order valence-corrected chi connectivity index (χ4v) is 1.70. The maximum atomic E-state index is 10.2. The summed E-state index contributed by atoms with van der Waals surface area (Å²) in [5.41, 5.74) is 0. The maximum Gasteiger partial charge on any atom is 1.00 e. The van der Waals surface area contributed by atoms with E-state index in [0.717, 1.165) is 0 Å². The summed E-state index contributed by atoms with van der Waals surface area (Å²) in [4.78, 5) is 20.5. The zero-order valence-electron chi connectivity index (χ0n) is 9.55. The fraction of sp³-hybridized carbons (Fsp3) is 1.00. The third-order valence-corrected chi connectivity index (χ3v) is 2.46. The molecule has 0 aromatic carbocycles. The Hall–Kier alpha value is 1.95.